The summed E-state index contributed by atoms with van der Waals surface area (Å²) in [6, 6.07) is 9.09. The van der Waals surface area contributed by atoms with Crippen molar-refractivity contribution in [2.45, 2.75) is 32.9 Å². The fourth-order valence-electron chi connectivity index (χ4n) is 3.12. The number of carbonyl (C=O) groups is 1. The molecule has 0 N–H and O–H groups in total. The zero-order chi connectivity index (χ0) is 23.5. The van der Waals surface area contributed by atoms with Crippen molar-refractivity contribution in [1.29, 1.82) is 0 Å². The van der Waals surface area contributed by atoms with Crippen LogP contribution in [0.1, 0.15) is 30.2 Å². The number of hydrogen-bond donors (Lipinski definition) is 0. The lowest BCUT2D eigenvalue weighted by Crippen LogP contribution is -2.16. The van der Waals surface area contributed by atoms with Gasteiger partial charge in [0.15, 0.2) is 6.61 Å². The Morgan fingerprint density at radius 2 is 1.78 bits per heavy atom. The SMILES string of the molecule is CCCc1ccc(Oc2c(C(F)(F)F)oc3c(C)c(OCC(=O)OC)ccc3c2=O)cc1. The van der Waals surface area contributed by atoms with Crippen LogP contribution in [-0.2, 0) is 22.1 Å². The van der Waals surface area contributed by atoms with Crippen LogP contribution in [0, 0.1) is 6.92 Å². The first kappa shape index (κ1) is 23.2. The molecule has 170 valence electrons. The maximum Gasteiger partial charge on any atom is 0.453 e. The largest absolute Gasteiger partial charge is 0.481 e. The van der Waals surface area contributed by atoms with Gasteiger partial charge in [-0.1, -0.05) is 25.5 Å². The Balaban J connectivity index is 2.09. The van der Waals surface area contributed by atoms with Crippen molar-refractivity contribution in [3.8, 4) is 17.2 Å². The molecule has 32 heavy (non-hydrogen) atoms. The number of ether oxygens (including phenoxy) is 3. The first-order valence-electron chi connectivity index (χ1n) is 9.79. The van der Waals surface area contributed by atoms with Gasteiger partial charge in [0.1, 0.15) is 17.1 Å². The van der Waals surface area contributed by atoms with Crippen molar-refractivity contribution in [2.75, 3.05) is 13.7 Å². The summed E-state index contributed by atoms with van der Waals surface area (Å²) in [7, 11) is 1.17. The summed E-state index contributed by atoms with van der Waals surface area (Å²) in [4.78, 5) is 24.2. The van der Waals surface area contributed by atoms with E-state index in [0.29, 0.717) is 0 Å². The molecule has 0 aliphatic heterocycles. The normalized spacial score (nSPS) is 11.4. The number of fused-ring (bicyclic) bond motifs is 1. The van der Waals surface area contributed by atoms with Crippen LogP contribution < -0.4 is 14.9 Å². The molecule has 0 amide bonds. The molecule has 0 saturated heterocycles. The van der Waals surface area contributed by atoms with Gasteiger partial charge in [-0.05, 0) is 43.2 Å². The van der Waals surface area contributed by atoms with Crippen LogP contribution in [0.3, 0.4) is 0 Å². The van der Waals surface area contributed by atoms with Gasteiger partial charge in [0, 0.05) is 5.56 Å². The molecule has 3 rings (SSSR count). The van der Waals surface area contributed by atoms with Gasteiger partial charge in [-0.3, -0.25) is 4.79 Å². The quantitative estimate of drug-likeness (QED) is 0.448. The molecule has 0 atom stereocenters. The number of carbonyl (C=O) groups excluding carboxylic acids is 1. The molecule has 2 aromatic carbocycles. The summed E-state index contributed by atoms with van der Waals surface area (Å²) in [5.41, 5.74) is -0.157. The lowest BCUT2D eigenvalue weighted by Gasteiger charge is -2.15. The highest BCUT2D eigenvalue weighted by Gasteiger charge is 2.41. The van der Waals surface area contributed by atoms with E-state index in [1.54, 1.807) is 12.1 Å². The maximum absolute atomic E-state index is 13.8. The van der Waals surface area contributed by atoms with Gasteiger partial charge in [0.05, 0.1) is 12.5 Å². The number of halogens is 3. The third kappa shape index (κ3) is 4.87. The molecule has 0 aliphatic rings. The lowest BCUT2D eigenvalue weighted by atomic mass is 10.1. The van der Waals surface area contributed by atoms with Crippen LogP contribution in [0.2, 0.25) is 0 Å². The summed E-state index contributed by atoms with van der Waals surface area (Å²) < 4.78 is 61.5. The molecule has 0 unspecified atom stereocenters. The highest BCUT2D eigenvalue weighted by molar-refractivity contribution is 5.83. The fourth-order valence-corrected chi connectivity index (χ4v) is 3.12. The van der Waals surface area contributed by atoms with Gasteiger partial charge < -0.3 is 18.6 Å². The molecule has 3 aromatic rings. The average molecular weight is 450 g/mol. The van der Waals surface area contributed by atoms with Crippen molar-refractivity contribution in [1.82, 2.24) is 0 Å². The lowest BCUT2D eigenvalue weighted by molar-refractivity contribution is -0.154. The first-order valence-corrected chi connectivity index (χ1v) is 9.79. The Morgan fingerprint density at radius 3 is 2.38 bits per heavy atom. The van der Waals surface area contributed by atoms with Crippen LogP contribution in [0.4, 0.5) is 13.2 Å². The van der Waals surface area contributed by atoms with Gasteiger partial charge >= 0.3 is 12.1 Å². The van der Waals surface area contributed by atoms with E-state index in [4.69, 9.17) is 13.9 Å². The summed E-state index contributed by atoms with van der Waals surface area (Å²) >= 11 is 0. The number of hydrogen-bond acceptors (Lipinski definition) is 6. The second-order valence-corrected chi connectivity index (χ2v) is 7.01. The monoisotopic (exact) mass is 450 g/mol. The van der Waals surface area contributed by atoms with E-state index in [9.17, 15) is 22.8 Å². The van der Waals surface area contributed by atoms with Gasteiger partial charge in [0.25, 0.3) is 5.76 Å². The number of methoxy groups -OCH3 is 1. The molecule has 0 fully saturated rings. The maximum atomic E-state index is 13.8. The highest BCUT2D eigenvalue weighted by Crippen LogP contribution is 2.39. The van der Waals surface area contributed by atoms with E-state index in [-0.39, 0.29) is 28.0 Å². The Hall–Kier alpha value is -3.49. The molecule has 0 radical (unpaired) electrons. The Bertz CT molecular complexity index is 1180. The molecule has 0 spiro atoms. The van der Waals surface area contributed by atoms with Gasteiger partial charge in [-0.25, -0.2) is 4.79 Å². The molecule has 6 nitrogen and oxygen atoms in total. The second kappa shape index (κ2) is 9.33. The van der Waals surface area contributed by atoms with Crippen LogP contribution in [-0.4, -0.2) is 19.7 Å². The van der Waals surface area contributed by atoms with Crippen molar-refractivity contribution >= 4 is 16.9 Å². The molecular formula is C23H21F3O6. The van der Waals surface area contributed by atoms with Gasteiger partial charge in [0.2, 0.25) is 11.2 Å². The average Bonchev–Trinajstić information content (AvgIpc) is 2.75. The number of benzene rings is 2. The summed E-state index contributed by atoms with van der Waals surface area (Å²) in [6.07, 6.45) is -3.26. The minimum Gasteiger partial charge on any atom is -0.481 e. The molecular weight excluding hydrogens is 429 g/mol. The third-order valence-corrected chi connectivity index (χ3v) is 4.73. The van der Waals surface area contributed by atoms with Crippen LogP contribution in [0.25, 0.3) is 11.0 Å². The van der Waals surface area contributed by atoms with E-state index in [1.165, 1.54) is 38.3 Å². The molecule has 9 heteroatoms. The summed E-state index contributed by atoms with van der Waals surface area (Å²) in [6.45, 7) is 2.98. The predicted octanol–water partition coefficient (Wildman–Crippen LogP) is 5.42. The minimum absolute atomic E-state index is 0.0803. The topological polar surface area (TPSA) is 75.0 Å². The predicted molar refractivity (Wildman–Crippen MR) is 110 cm³/mol. The van der Waals surface area contributed by atoms with Crippen molar-refractivity contribution in [3.63, 3.8) is 0 Å². The van der Waals surface area contributed by atoms with E-state index in [1.807, 2.05) is 6.92 Å². The smallest absolute Gasteiger partial charge is 0.453 e. The number of rotatable bonds is 7. The Labute approximate surface area is 181 Å². The fraction of sp³-hybridized carbons (Fsp3) is 0.304. The van der Waals surface area contributed by atoms with Gasteiger partial charge in [-0.15, -0.1) is 0 Å². The van der Waals surface area contributed by atoms with Crippen LogP contribution >= 0.6 is 0 Å². The standard InChI is InChI=1S/C23H21F3O6/c1-4-5-14-6-8-15(9-7-14)31-21-19(28)16-10-11-17(30-12-18(27)29-3)13(2)20(16)32-22(21)23(24,25)26/h6-11H,4-5,12H2,1-3H3. The van der Waals surface area contributed by atoms with E-state index in [2.05, 4.69) is 4.74 Å². The number of alkyl halides is 3. The van der Waals surface area contributed by atoms with Crippen molar-refractivity contribution in [3.05, 3.63) is 63.5 Å². The molecule has 0 aliphatic carbocycles. The molecule has 0 saturated carbocycles. The Kier molecular flexibility index (Phi) is 6.76. The first-order chi connectivity index (χ1) is 15.2. The zero-order valence-electron chi connectivity index (χ0n) is 17.7. The summed E-state index contributed by atoms with van der Waals surface area (Å²) in [5, 5.41) is -0.112. The minimum atomic E-state index is -4.99. The van der Waals surface area contributed by atoms with Crippen molar-refractivity contribution in [2.24, 2.45) is 0 Å². The van der Waals surface area contributed by atoms with Gasteiger partial charge in [-0.2, -0.15) is 13.2 Å². The van der Waals surface area contributed by atoms with Crippen molar-refractivity contribution < 1.29 is 36.6 Å². The zero-order valence-corrected chi connectivity index (χ0v) is 17.7. The third-order valence-electron chi connectivity index (χ3n) is 4.73. The van der Waals surface area contributed by atoms with E-state index < -0.39 is 35.7 Å². The number of aryl methyl sites for hydroxylation is 2. The Morgan fingerprint density at radius 1 is 1.09 bits per heavy atom. The molecule has 0 bridgehead atoms. The second-order valence-electron chi connectivity index (χ2n) is 7.01. The summed E-state index contributed by atoms with van der Waals surface area (Å²) in [5.74, 6) is -3.01. The molecule has 1 aromatic heterocycles. The van der Waals surface area contributed by atoms with Crippen LogP contribution in [0.15, 0.2) is 45.6 Å². The highest BCUT2D eigenvalue weighted by atomic mass is 19.4. The number of esters is 1. The molecule has 1 heterocycles. The van der Waals surface area contributed by atoms with Crippen LogP contribution in [0.5, 0.6) is 17.2 Å². The van der Waals surface area contributed by atoms with E-state index >= 15 is 0 Å². The van der Waals surface area contributed by atoms with E-state index in [0.717, 1.165) is 18.4 Å².